The molecule has 17 heavy (non-hydrogen) atoms. The maximum atomic E-state index is 10.3. The molecule has 0 aromatic heterocycles. The van der Waals surface area contributed by atoms with Crippen LogP contribution < -0.4 is 5.32 Å². The van der Waals surface area contributed by atoms with E-state index in [9.17, 15) is 5.11 Å². The second-order valence-corrected chi connectivity index (χ2v) is 6.27. The summed E-state index contributed by atoms with van der Waals surface area (Å²) in [6.45, 7) is 6.75. The van der Waals surface area contributed by atoms with Crippen LogP contribution in [0.4, 0.5) is 0 Å². The molecule has 1 saturated carbocycles. The van der Waals surface area contributed by atoms with Gasteiger partial charge in [0.05, 0.1) is 11.7 Å². The Hall–Kier alpha value is -0.120. The Labute approximate surface area is 105 Å². The highest BCUT2D eigenvalue weighted by atomic mass is 16.5. The number of nitrogens with one attached hydrogen (secondary N) is 1. The van der Waals surface area contributed by atoms with E-state index in [-0.39, 0.29) is 6.10 Å². The molecule has 1 heterocycles. The fourth-order valence-corrected chi connectivity index (χ4v) is 3.16. The number of hydrogen-bond acceptors (Lipinski definition) is 3. The zero-order valence-electron chi connectivity index (χ0n) is 11.2. The smallest absolute Gasteiger partial charge is 0.0983 e. The van der Waals surface area contributed by atoms with Gasteiger partial charge in [-0.2, -0.15) is 0 Å². The van der Waals surface area contributed by atoms with Gasteiger partial charge in [-0.25, -0.2) is 0 Å². The van der Waals surface area contributed by atoms with Gasteiger partial charge < -0.3 is 15.2 Å². The van der Waals surface area contributed by atoms with Gasteiger partial charge in [0.25, 0.3) is 0 Å². The molecule has 0 aromatic rings. The van der Waals surface area contributed by atoms with E-state index in [1.54, 1.807) is 0 Å². The minimum absolute atomic E-state index is 0.0338. The Morgan fingerprint density at radius 3 is 2.94 bits per heavy atom. The minimum Gasteiger partial charge on any atom is -0.387 e. The number of rotatable bonds is 3. The largest absolute Gasteiger partial charge is 0.387 e. The fraction of sp³-hybridized carbons (Fsp3) is 1.00. The van der Waals surface area contributed by atoms with Crippen molar-refractivity contribution in [2.45, 2.75) is 57.7 Å². The predicted octanol–water partition coefficient (Wildman–Crippen LogP) is 1.94. The third-order valence-corrected chi connectivity index (χ3v) is 4.41. The van der Waals surface area contributed by atoms with Crippen molar-refractivity contribution < 1.29 is 9.84 Å². The van der Waals surface area contributed by atoms with Crippen molar-refractivity contribution in [3.05, 3.63) is 0 Å². The molecule has 4 atom stereocenters. The van der Waals surface area contributed by atoms with E-state index < -0.39 is 5.60 Å². The maximum absolute atomic E-state index is 10.3. The molecule has 0 aromatic carbocycles. The first-order chi connectivity index (χ1) is 8.08. The predicted molar refractivity (Wildman–Crippen MR) is 69.0 cm³/mol. The highest BCUT2D eigenvalue weighted by Crippen LogP contribution is 2.30. The molecule has 3 heteroatoms. The molecule has 0 radical (unpaired) electrons. The Morgan fingerprint density at radius 2 is 2.24 bits per heavy atom. The lowest BCUT2D eigenvalue weighted by atomic mass is 9.83. The fourth-order valence-electron chi connectivity index (χ4n) is 3.16. The number of aliphatic hydroxyl groups is 1. The second kappa shape index (κ2) is 5.68. The van der Waals surface area contributed by atoms with E-state index in [1.165, 1.54) is 25.7 Å². The van der Waals surface area contributed by atoms with Crippen LogP contribution in [0.3, 0.4) is 0 Å². The van der Waals surface area contributed by atoms with Gasteiger partial charge in [0.2, 0.25) is 0 Å². The van der Waals surface area contributed by atoms with Crippen molar-refractivity contribution in [2.24, 2.45) is 11.8 Å². The molecule has 0 spiro atoms. The average Bonchev–Trinajstić information content (AvgIpc) is 2.27. The summed E-state index contributed by atoms with van der Waals surface area (Å²) in [5, 5.41) is 13.6. The number of piperidine rings is 1. The van der Waals surface area contributed by atoms with Crippen LogP contribution in [0.2, 0.25) is 0 Å². The van der Waals surface area contributed by atoms with Crippen LogP contribution in [0.5, 0.6) is 0 Å². The van der Waals surface area contributed by atoms with Gasteiger partial charge in [-0.05, 0) is 44.6 Å². The van der Waals surface area contributed by atoms with E-state index in [2.05, 4.69) is 12.2 Å². The number of hydrogen-bond donors (Lipinski definition) is 2. The summed E-state index contributed by atoms with van der Waals surface area (Å²) in [5.41, 5.74) is -0.647. The highest BCUT2D eigenvalue weighted by Gasteiger charge is 2.35. The summed E-state index contributed by atoms with van der Waals surface area (Å²) in [4.78, 5) is 0. The third kappa shape index (κ3) is 3.67. The summed E-state index contributed by atoms with van der Waals surface area (Å²) in [5.74, 6) is 1.55. The monoisotopic (exact) mass is 241 g/mol. The molecule has 2 fully saturated rings. The Kier molecular flexibility index (Phi) is 4.45. The molecule has 1 aliphatic carbocycles. The average molecular weight is 241 g/mol. The van der Waals surface area contributed by atoms with Crippen molar-refractivity contribution in [1.29, 1.82) is 0 Å². The molecule has 2 N–H and O–H groups in total. The van der Waals surface area contributed by atoms with Crippen LogP contribution in [0.15, 0.2) is 0 Å². The normalized spacial score (nSPS) is 43.6. The standard InChI is InChI=1S/C14H27NO2/c1-11-4-3-5-12(8-11)10-17-13-9-15-7-6-14(13,2)16/h11-13,15-16H,3-10H2,1-2H3. The zero-order chi connectivity index (χ0) is 12.3. The van der Waals surface area contributed by atoms with Gasteiger partial charge in [0, 0.05) is 13.2 Å². The summed E-state index contributed by atoms with van der Waals surface area (Å²) < 4.78 is 5.97. The van der Waals surface area contributed by atoms with Gasteiger partial charge in [0.15, 0.2) is 0 Å². The van der Waals surface area contributed by atoms with Gasteiger partial charge in [0.1, 0.15) is 0 Å². The van der Waals surface area contributed by atoms with Crippen LogP contribution in [0.1, 0.15) is 46.0 Å². The van der Waals surface area contributed by atoms with Crippen LogP contribution >= 0.6 is 0 Å². The molecule has 2 aliphatic rings. The zero-order valence-corrected chi connectivity index (χ0v) is 11.2. The first-order valence-corrected chi connectivity index (χ1v) is 7.12. The third-order valence-electron chi connectivity index (χ3n) is 4.41. The Bertz CT molecular complexity index is 242. The molecule has 1 saturated heterocycles. The van der Waals surface area contributed by atoms with E-state index in [0.29, 0.717) is 5.92 Å². The molecule has 3 nitrogen and oxygen atoms in total. The summed E-state index contributed by atoms with van der Waals surface area (Å²) in [6.07, 6.45) is 6.06. The van der Waals surface area contributed by atoms with Gasteiger partial charge >= 0.3 is 0 Å². The highest BCUT2D eigenvalue weighted by molar-refractivity contribution is 4.89. The van der Waals surface area contributed by atoms with E-state index in [1.807, 2.05) is 6.92 Å². The van der Waals surface area contributed by atoms with Crippen LogP contribution in [0, 0.1) is 11.8 Å². The Morgan fingerprint density at radius 1 is 1.41 bits per heavy atom. The molecule has 0 amide bonds. The Balaban J connectivity index is 1.76. The van der Waals surface area contributed by atoms with Crippen molar-refractivity contribution in [1.82, 2.24) is 5.32 Å². The lowest BCUT2D eigenvalue weighted by Crippen LogP contribution is -2.53. The summed E-state index contributed by atoms with van der Waals surface area (Å²) >= 11 is 0. The summed E-state index contributed by atoms with van der Waals surface area (Å²) in [6, 6.07) is 0. The van der Waals surface area contributed by atoms with Gasteiger partial charge in [-0.15, -0.1) is 0 Å². The molecule has 0 bridgehead atoms. The quantitative estimate of drug-likeness (QED) is 0.793. The minimum atomic E-state index is -0.647. The molecular weight excluding hydrogens is 214 g/mol. The van der Waals surface area contributed by atoms with Crippen molar-refractivity contribution >= 4 is 0 Å². The topological polar surface area (TPSA) is 41.5 Å². The first kappa shape index (κ1) is 13.3. The van der Waals surface area contributed by atoms with Crippen molar-refractivity contribution in [3.63, 3.8) is 0 Å². The lowest BCUT2D eigenvalue weighted by Gasteiger charge is -2.38. The van der Waals surface area contributed by atoms with Crippen LogP contribution in [-0.4, -0.2) is 36.5 Å². The number of ether oxygens (including phenoxy) is 1. The first-order valence-electron chi connectivity index (χ1n) is 7.12. The van der Waals surface area contributed by atoms with Crippen molar-refractivity contribution in [3.8, 4) is 0 Å². The SMILES string of the molecule is CC1CCCC(COC2CNCCC2(C)O)C1. The van der Waals surface area contributed by atoms with Gasteiger partial charge in [-0.1, -0.05) is 19.8 Å². The van der Waals surface area contributed by atoms with E-state index >= 15 is 0 Å². The van der Waals surface area contributed by atoms with Crippen molar-refractivity contribution in [2.75, 3.05) is 19.7 Å². The van der Waals surface area contributed by atoms with Crippen LogP contribution in [0.25, 0.3) is 0 Å². The molecule has 100 valence electrons. The molecule has 1 aliphatic heterocycles. The molecule has 4 unspecified atom stereocenters. The van der Waals surface area contributed by atoms with Crippen LogP contribution in [-0.2, 0) is 4.74 Å². The van der Waals surface area contributed by atoms with Gasteiger partial charge in [-0.3, -0.25) is 0 Å². The molecule has 2 rings (SSSR count). The van der Waals surface area contributed by atoms with E-state index in [4.69, 9.17) is 4.74 Å². The van der Waals surface area contributed by atoms with E-state index in [0.717, 1.165) is 32.0 Å². The second-order valence-electron chi connectivity index (χ2n) is 6.27. The molecular formula is C14H27NO2. The summed E-state index contributed by atoms with van der Waals surface area (Å²) in [7, 11) is 0. The lowest BCUT2D eigenvalue weighted by molar-refractivity contribution is -0.122. The maximum Gasteiger partial charge on any atom is 0.0983 e.